The van der Waals surface area contributed by atoms with Crippen LogP contribution >= 0.6 is 24.0 Å². The number of nitrogens with zero attached hydrogens (tertiary/aromatic N) is 3. The standard InChI is InChI=1S/C27H37N5O.HI/c1-29-27(32-14-12-24(19-32)15-21-7-3-2-4-8-21)30-17-22-9-5-10-23(16-22)18-31-13-6-11-25(20-31)26(28)33;/h2-5,7-10,16,24-25H,6,11-15,17-20H2,1H3,(H2,28,33)(H,29,30);1H. The molecule has 1 amide bonds. The second-order valence-electron chi connectivity index (χ2n) is 9.49. The van der Waals surface area contributed by atoms with Crippen LogP contribution in [-0.2, 0) is 24.3 Å². The first-order chi connectivity index (χ1) is 16.1. The van der Waals surface area contributed by atoms with Gasteiger partial charge in [-0.1, -0.05) is 54.6 Å². The minimum absolute atomic E-state index is 0. The van der Waals surface area contributed by atoms with Crippen LogP contribution < -0.4 is 11.1 Å². The SMILES string of the molecule is CN=C(NCc1cccc(CN2CCCC(C(N)=O)C2)c1)N1CCC(Cc2ccccc2)C1.I. The Kier molecular flexibility index (Phi) is 10.2. The van der Waals surface area contributed by atoms with Crippen molar-refractivity contribution >= 4 is 35.8 Å². The first kappa shape index (κ1) is 26.5. The molecule has 4 rings (SSSR count). The molecule has 2 fully saturated rings. The molecule has 0 bridgehead atoms. The van der Waals surface area contributed by atoms with Gasteiger partial charge in [-0.05, 0) is 54.8 Å². The average Bonchev–Trinajstić information content (AvgIpc) is 3.29. The fraction of sp³-hybridized carbons (Fsp3) is 0.481. The Morgan fingerprint density at radius 1 is 1.03 bits per heavy atom. The highest BCUT2D eigenvalue weighted by Gasteiger charge is 2.25. The summed E-state index contributed by atoms with van der Waals surface area (Å²) >= 11 is 0. The highest BCUT2D eigenvalue weighted by Crippen LogP contribution is 2.21. The fourth-order valence-corrected chi connectivity index (χ4v) is 5.18. The molecule has 0 radical (unpaired) electrons. The van der Waals surface area contributed by atoms with Gasteiger partial charge in [-0.15, -0.1) is 24.0 Å². The van der Waals surface area contributed by atoms with Gasteiger partial charge in [0, 0.05) is 39.8 Å². The van der Waals surface area contributed by atoms with Crippen LogP contribution in [0.3, 0.4) is 0 Å². The smallest absolute Gasteiger partial charge is 0.221 e. The molecule has 3 N–H and O–H groups in total. The second kappa shape index (κ2) is 13.1. The molecule has 0 spiro atoms. The molecular weight excluding hydrogens is 537 g/mol. The van der Waals surface area contributed by atoms with Crippen LogP contribution in [0, 0.1) is 11.8 Å². The summed E-state index contributed by atoms with van der Waals surface area (Å²) in [5.74, 6) is 1.47. The van der Waals surface area contributed by atoms with E-state index in [1.807, 2.05) is 7.05 Å². The number of carbonyl (C=O) groups is 1. The Bertz CT molecular complexity index is 951. The number of benzene rings is 2. The van der Waals surface area contributed by atoms with Gasteiger partial charge in [-0.25, -0.2) is 0 Å². The van der Waals surface area contributed by atoms with E-state index in [4.69, 9.17) is 5.73 Å². The maximum absolute atomic E-state index is 11.6. The predicted molar refractivity (Wildman–Crippen MR) is 149 cm³/mol. The third-order valence-corrected chi connectivity index (χ3v) is 6.92. The molecule has 2 atom stereocenters. The van der Waals surface area contributed by atoms with Crippen LogP contribution in [0.1, 0.15) is 36.0 Å². The molecule has 2 aromatic carbocycles. The number of primary amides is 1. The van der Waals surface area contributed by atoms with E-state index in [9.17, 15) is 4.79 Å². The summed E-state index contributed by atoms with van der Waals surface area (Å²) in [7, 11) is 1.87. The molecule has 6 nitrogen and oxygen atoms in total. The van der Waals surface area contributed by atoms with Gasteiger partial charge in [-0.2, -0.15) is 0 Å². The van der Waals surface area contributed by atoms with Crippen molar-refractivity contribution in [3.63, 3.8) is 0 Å². The number of amides is 1. The lowest BCUT2D eigenvalue weighted by Gasteiger charge is -2.31. The minimum Gasteiger partial charge on any atom is -0.369 e. The number of nitrogens with one attached hydrogen (secondary N) is 1. The van der Waals surface area contributed by atoms with Gasteiger partial charge >= 0.3 is 0 Å². The third-order valence-electron chi connectivity index (χ3n) is 6.92. The minimum atomic E-state index is -0.169. The van der Waals surface area contributed by atoms with Crippen LogP contribution in [0.5, 0.6) is 0 Å². The van der Waals surface area contributed by atoms with E-state index in [0.29, 0.717) is 5.92 Å². The first-order valence-electron chi connectivity index (χ1n) is 12.2. The van der Waals surface area contributed by atoms with Gasteiger partial charge in [0.05, 0.1) is 5.92 Å². The Balaban J connectivity index is 0.00000324. The van der Waals surface area contributed by atoms with Gasteiger partial charge in [-0.3, -0.25) is 14.7 Å². The predicted octanol–water partition coefficient (Wildman–Crippen LogP) is 3.64. The third kappa shape index (κ3) is 7.43. The van der Waals surface area contributed by atoms with Gasteiger partial charge in [0.15, 0.2) is 5.96 Å². The number of hydrogen-bond donors (Lipinski definition) is 2. The number of halogens is 1. The number of nitrogens with two attached hydrogens (primary N) is 1. The van der Waals surface area contributed by atoms with E-state index >= 15 is 0 Å². The van der Waals surface area contributed by atoms with Gasteiger partial charge < -0.3 is 16.0 Å². The van der Waals surface area contributed by atoms with Gasteiger partial charge in [0.2, 0.25) is 5.91 Å². The summed E-state index contributed by atoms with van der Waals surface area (Å²) in [5.41, 5.74) is 9.48. The largest absolute Gasteiger partial charge is 0.369 e. The fourth-order valence-electron chi connectivity index (χ4n) is 5.18. The van der Waals surface area contributed by atoms with Gasteiger partial charge in [0.1, 0.15) is 0 Å². The van der Waals surface area contributed by atoms with Crippen molar-refractivity contribution in [2.45, 2.75) is 38.8 Å². The maximum atomic E-state index is 11.6. The van der Waals surface area contributed by atoms with Crippen LogP contribution in [0.15, 0.2) is 59.6 Å². The zero-order chi connectivity index (χ0) is 23.0. The van der Waals surface area contributed by atoms with Crippen molar-refractivity contribution in [2.24, 2.45) is 22.6 Å². The molecule has 2 unspecified atom stereocenters. The lowest BCUT2D eigenvalue weighted by Crippen LogP contribution is -2.40. The van der Waals surface area contributed by atoms with E-state index in [1.165, 1.54) is 23.1 Å². The van der Waals surface area contributed by atoms with Crippen molar-refractivity contribution in [2.75, 3.05) is 33.2 Å². The molecule has 2 aromatic rings. The normalized spacial score (nSPS) is 21.2. The Morgan fingerprint density at radius 2 is 1.79 bits per heavy atom. The molecule has 0 aromatic heterocycles. The van der Waals surface area contributed by atoms with Crippen LogP contribution in [0.25, 0.3) is 0 Å². The number of piperidine rings is 1. The number of guanidine groups is 1. The molecular formula is C27H38IN5O. The molecule has 34 heavy (non-hydrogen) atoms. The number of aliphatic imine (C=N–C) groups is 1. The summed E-state index contributed by atoms with van der Waals surface area (Å²) in [4.78, 5) is 20.9. The van der Waals surface area contributed by atoms with Crippen molar-refractivity contribution in [3.8, 4) is 0 Å². The Hall–Kier alpha value is -2.13. The average molecular weight is 576 g/mol. The molecule has 0 saturated carbocycles. The number of likely N-dealkylation sites (tertiary alicyclic amines) is 2. The summed E-state index contributed by atoms with van der Waals surface area (Å²) in [6, 6.07) is 19.5. The summed E-state index contributed by atoms with van der Waals surface area (Å²) < 4.78 is 0. The van der Waals surface area contributed by atoms with E-state index < -0.39 is 0 Å². The maximum Gasteiger partial charge on any atom is 0.221 e. The molecule has 2 saturated heterocycles. The lowest BCUT2D eigenvalue weighted by molar-refractivity contribution is -0.123. The first-order valence-corrected chi connectivity index (χ1v) is 12.2. The van der Waals surface area contributed by atoms with Crippen molar-refractivity contribution < 1.29 is 4.79 Å². The second-order valence-corrected chi connectivity index (χ2v) is 9.49. The molecule has 2 aliphatic rings. The zero-order valence-electron chi connectivity index (χ0n) is 20.2. The van der Waals surface area contributed by atoms with Crippen molar-refractivity contribution in [1.29, 1.82) is 0 Å². The van der Waals surface area contributed by atoms with Crippen molar-refractivity contribution in [1.82, 2.24) is 15.1 Å². The molecule has 184 valence electrons. The van der Waals surface area contributed by atoms with E-state index in [2.05, 4.69) is 74.7 Å². The van der Waals surface area contributed by atoms with Crippen molar-refractivity contribution in [3.05, 3.63) is 71.3 Å². The highest BCUT2D eigenvalue weighted by molar-refractivity contribution is 14.0. The zero-order valence-corrected chi connectivity index (χ0v) is 22.5. The van der Waals surface area contributed by atoms with E-state index in [1.54, 1.807) is 0 Å². The number of carbonyl (C=O) groups excluding carboxylic acids is 1. The van der Waals surface area contributed by atoms with Crippen LogP contribution in [-0.4, -0.2) is 54.9 Å². The Labute approximate surface area is 221 Å². The lowest BCUT2D eigenvalue weighted by atomic mass is 9.97. The van der Waals surface area contributed by atoms with E-state index in [0.717, 1.165) is 64.5 Å². The monoisotopic (exact) mass is 575 g/mol. The van der Waals surface area contributed by atoms with E-state index in [-0.39, 0.29) is 35.8 Å². The summed E-state index contributed by atoms with van der Waals surface area (Å²) in [6.07, 6.45) is 4.28. The molecule has 2 heterocycles. The molecule has 7 heteroatoms. The van der Waals surface area contributed by atoms with Gasteiger partial charge in [0.25, 0.3) is 0 Å². The van der Waals surface area contributed by atoms with Crippen LogP contribution in [0.2, 0.25) is 0 Å². The highest BCUT2D eigenvalue weighted by atomic mass is 127. The quantitative estimate of drug-likeness (QED) is 0.301. The molecule has 2 aliphatic heterocycles. The summed E-state index contributed by atoms with van der Waals surface area (Å²) in [6.45, 7) is 5.50. The topological polar surface area (TPSA) is 74.0 Å². The summed E-state index contributed by atoms with van der Waals surface area (Å²) in [5, 5.41) is 3.57. The number of hydrogen-bond acceptors (Lipinski definition) is 3. The Morgan fingerprint density at radius 3 is 2.56 bits per heavy atom. The number of rotatable bonds is 7. The molecule has 0 aliphatic carbocycles. The van der Waals surface area contributed by atoms with Crippen LogP contribution in [0.4, 0.5) is 0 Å².